The second kappa shape index (κ2) is 5.08. The van der Waals surface area contributed by atoms with Gasteiger partial charge >= 0.3 is 11.2 Å². The van der Waals surface area contributed by atoms with Gasteiger partial charge in [-0.15, -0.1) is 0 Å². The molecule has 2 fully saturated rings. The average molecular weight is 283 g/mol. The van der Waals surface area contributed by atoms with E-state index in [0.29, 0.717) is 12.8 Å². The number of Topliss-reactive ketones (excluding diaryl/α,β-unsaturated/α-hetero) is 1. The molecule has 2 aliphatic rings. The van der Waals surface area contributed by atoms with Gasteiger partial charge in [-0.3, -0.25) is 9.83 Å². The van der Waals surface area contributed by atoms with Crippen molar-refractivity contribution in [1.29, 1.82) is 0 Å². The summed E-state index contributed by atoms with van der Waals surface area (Å²) in [5, 5.41) is 8.05. The summed E-state index contributed by atoms with van der Waals surface area (Å²) in [5.41, 5.74) is 0. The predicted molar refractivity (Wildman–Crippen MR) is 50.4 cm³/mol. The van der Waals surface area contributed by atoms with Gasteiger partial charge in [0.05, 0.1) is 0 Å². The van der Waals surface area contributed by atoms with Crippen molar-refractivity contribution in [3.05, 3.63) is 0 Å². The molecular formula is C9H9F2O6S-. The van der Waals surface area contributed by atoms with Crippen LogP contribution in [0.2, 0.25) is 0 Å². The van der Waals surface area contributed by atoms with Crippen LogP contribution in [0.3, 0.4) is 0 Å². The fraction of sp³-hybridized carbons (Fsp3) is 0.778. The summed E-state index contributed by atoms with van der Waals surface area (Å²) in [7, 11) is 0. The number of alkyl halides is 2. The molecule has 0 radical (unpaired) electrons. The van der Waals surface area contributed by atoms with Crippen LogP contribution < -0.4 is 5.26 Å². The second-order valence-corrected chi connectivity index (χ2v) is 5.05. The zero-order chi connectivity index (χ0) is 13.3. The van der Waals surface area contributed by atoms with Gasteiger partial charge in [0.1, 0.15) is 12.0 Å². The highest BCUT2D eigenvalue weighted by molar-refractivity contribution is 7.96. The van der Waals surface area contributed by atoms with Crippen molar-refractivity contribution >= 4 is 23.8 Å². The van der Waals surface area contributed by atoms with Crippen LogP contribution in [0, 0.1) is 11.8 Å². The van der Waals surface area contributed by atoms with E-state index in [1.54, 1.807) is 0 Å². The first-order chi connectivity index (χ1) is 8.45. The van der Waals surface area contributed by atoms with Crippen LogP contribution >= 0.6 is 12.0 Å². The zero-order valence-corrected chi connectivity index (χ0v) is 9.78. The molecule has 3 unspecified atom stereocenters. The van der Waals surface area contributed by atoms with Gasteiger partial charge in [0, 0.05) is 11.8 Å². The number of ether oxygens (including phenoxy) is 1. The Hall–Kier alpha value is -0.770. The highest BCUT2D eigenvalue weighted by atomic mass is 32.2. The van der Waals surface area contributed by atoms with Crippen LogP contribution in [-0.2, 0) is 23.7 Å². The SMILES string of the molecule is O=C1C2CCC(C2)C1OC(=O)C(F)(F)SOO[O-]. The largest absolute Gasteiger partial charge is 0.691 e. The van der Waals surface area contributed by atoms with Crippen molar-refractivity contribution in [1.82, 2.24) is 0 Å². The van der Waals surface area contributed by atoms with E-state index in [0.717, 1.165) is 6.42 Å². The number of fused-ring (bicyclic) bond motifs is 2. The predicted octanol–water partition coefficient (Wildman–Crippen LogP) is 0.362. The van der Waals surface area contributed by atoms with Crippen LogP contribution in [0.15, 0.2) is 0 Å². The lowest BCUT2D eigenvalue weighted by Crippen LogP contribution is -2.38. The number of halogens is 2. The molecule has 3 atom stereocenters. The molecule has 2 aliphatic carbocycles. The Bertz CT molecular complexity index is 363. The van der Waals surface area contributed by atoms with Crippen LogP contribution in [0.25, 0.3) is 0 Å². The van der Waals surface area contributed by atoms with Crippen molar-refractivity contribution in [3.8, 4) is 0 Å². The first kappa shape index (κ1) is 13.7. The molecule has 2 bridgehead atoms. The quantitative estimate of drug-likeness (QED) is 0.312. The van der Waals surface area contributed by atoms with Crippen molar-refractivity contribution < 1.29 is 37.7 Å². The minimum atomic E-state index is -4.09. The topological polar surface area (TPSA) is 84.9 Å². The third kappa shape index (κ3) is 2.48. The Labute approximate surface area is 105 Å². The summed E-state index contributed by atoms with van der Waals surface area (Å²) in [6, 6.07) is 0. The van der Waals surface area contributed by atoms with E-state index in [2.05, 4.69) is 14.1 Å². The third-order valence-electron chi connectivity index (χ3n) is 3.22. The third-order valence-corrected chi connectivity index (χ3v) is 3.72. The van der Waals surface area contributed by atoms with Crippen LogP contribution in [-0.4, -0.2) is 23.1 Å². The van der Waals surface area contributed by atoms with Crippen LogP contribution in [0.5, 0.6) is 0 Å². The van der Waals surface area contributed by atoms with Gasteiger partial charge in [0.25, 0.3) is 0 Å². The molecule has 9 heteroatoms. The average Bonchev–Trinajstić information content (AvgIpc) is 2.90. The van der Waals surface area contributed by atoms with Gasteiger partial charge in [0.2, 0.25) is 0 Å². The molecule has 2 saturated carbocycles. The summed E-state index contributed by atoms with van der Waals surface area (Å²) in [4.78, 5) is 22.8. The maximum Gasteiger partial charge on any atom is 0.415 e. The maximum atomic E-state index is 13.1. The van der Waals surface area contributed by atoms with E-state index in [4.69, 9.17) is 0 Å². The van der Waals surface area contributed by atoms with Crippen molar-refractivity contribution in [2.45, 2.75) is 30.6 Å². The van der Waals surface area contributed by atoms with Gasteiger partial charge in [-0.1, -0.05) is 0 Å². The molecule has 0 heterocycles. The van der Waals surface area contributed by atoms with Crippen molar-refractivity contribution in [2.24, 2.45) is 11.8 Å². The Morgan fingerprint density at radius 2 is 2.17 bits per heavy atom. The fourth-order valence-electron chi connectivity index (χ4n) is 2.44. The van der Waals surface area contributed by atoms with Gasteiger partial charge in [-0.05, 0) is 19.3 Å². The van der Waals surface area contributed by atoms with Crippen molar-refractivity contribution in [3.63, 3.8) is 0 Å². The molecule has 0 spiro atoms. The zero-order valence-electron chi connectivity index (χ0n) is 8.97. The van der Waals surface area contributed by atoms with E-state index >= 15 is 0 Å². The van der Waals surface area contributed by atoms with Gasteiger partial charge in [-0.25, -0.2) is 4.79 Å². The lowest BCUT2D eigenvalue weighted by molar-refractivity contribution is -0.777. The van der Waals surface area contributed by atoms with E-state index in [1.165, 1.54) is 0 Å². The van der Waals surface area contributed by atoms with Gasteiger partial charge in [0.15, 0.2) is 11.9 Å². The highest BCUT2D eigenvalue weighted by Gasteiger charge is 2.52. The maximum absolute atomic E-state index is 13.1. The number of carbonyl (C=O) groups excluding carboxylic acids is 2. The summed E-state index contributed by atoms with van der Waals surface area (Å²) in [6.45, 7) is 0. The Morgan fingerprint density at radius 1 is 1.44 bits per heavy atom. The number of rotatable bonds is 5. The molecule has 0 aliphatic heterocycles. The first-order valence-electron chi connectivity index (χ1n) is 5.22. The number of carbonyl (C=O) groups is 2. The summed E-state index contributed by atoms with van der Waals surface area (Å²) < 4.78 is 34.0. The minimum absolute atomic E-state index is 0.177. The Kier molecular flexibility index (Phi) is 3.85. The Morgan fingerprint density at radius 3 is 2.72 bits per heavy atom. The molecule has 0 aromatic rings. The lowest BCUT2D eigenvalue weighted by Gasteiger charge is -2.22. The van der Waals surface area contributed by atoms with Crippen LogP contribution in [0.4, 0.5) is 8.78 Å². The summed E-state index contributed by atoms with van der Waals surface area (Å²) in [5.74, 6) is -2.57. The monoisotopic (exact) mass is 283 g/mol. The summed E-state index contributed by atoms with van der Waals surface area (Å²) in [6.07, 6.45) is 0.884. The minimum Gasteiger partial charge on any atom is -0.691 e. The summed E-state index contributed by atoms with van der Waals surface area (Å²) >= 11 is -0.762. The first-order valence-corrected chi connectivity index (χ1v) is 5.97. The highest BCUT2D eigenvalue weighted by Crippen LogP contribution is 2.44. The number of esters is 1. The van der Waals surface area contributed by atoms with Crippen LogP contribution in [0.1, 0.15) is 19.3 Å². The molecule has 0 saturated heterocycles. The van der Waals surface area contributed by atoms with Gasteiger partial charge < -0.3 is 9.99 Å². The number of hydrogen-bond donors (Lipinski definition) is 0. The molecule has 0 aromatic carbocycles. The standard InChI is InChI=1S/C9H10F2O6S/c10-9(11,18-17-16-14)8(13)15-7-5-2-1-4(3-5)6(7)12/h4-5,7,14H,1-3H2/p-1. The molecule has 2 rings (SSSR count). The lowest BCUT2D eigenvalue weighted by atomic mass is 9.96. The van der Waals surface area contributed by atoms with E-state index < -0.39 is 29.4 Å². The molecule has 18 heavy (non-hydrogen) atoms. The molecule has 0 N–H and O–H groups in total. The molecule has 0 aromatic heterocycles. The van der Waals surface area contributed by atoms with E-state index in [1.807, 2.05) is 0 Å². The normalized spacial score (nSPS) is 30.8. The Balaban J connectivity index is 1.93. The number of ketones is 1. The van der Waals surface area contributed by atoms with E-state index in [9.17, 15) is 23.6 Å². The molecular weight excluding hydrogens is 274 g/mol. The van der Waals surface area contributed by atoms with Crippen molar-refractivity contribution in [2.75, 3.05) is 0 Å². The molecule has 102 valence electrons. The fourth-order valence-corrected chi connectivity index (χ4v) is 2.67. The smallest absolute Gasteiger partial charge is 0.415 e. The van der Waals surface area contributed by atoms with Gasteiger partial charge in [-0.2, -0.15) is 13.1 Å². The number of hydrogen-bond acceptors (Lipinski definition) is 7. The second-order valence-electron chi connectivity index (χ2n) is 4.23. The molecule has 0 amide bonds. The molecule has 6 nitrogen and oxygen atoms in total. The van der Waals surface area contributed by atoms with E-state index in [-0.39, 0.29) is 17.6 Å².